The van der Waals surface area contributed by atoms with Crippen LogP contribution in [0.1, 0.15) is 48.9 Å². The molecule has 3 rings (SSSR count). The number of carbonyl (C=O) groups is 1. The van der Waals surface area contributed by atoms with E-state index < -0.39 is 0 Å². The van der Waals surface area contributed by atoms with Crippen LogP contribution in [0.25, 0.3) is 10.9 Å². The maximum Gasteiger partial charge on any atom is 0.252 e. The maximum absolute atomic E-state index is 12.7. The van der Waals surface area contributed by atoms with Gasteiger partial charge in [-0.05, 0) is 31.0 Å². The fourth-order valence-corrected chi connectivity index (χ4v) is 3.49. The van der Waals surface area contributed by atoms with Gasteiger partial charge in [0, 0.05) is 42.4 Å². The van der Waals surface area contributed by atoms with Crippen LogP contribution in [0.4, 0.5) is 0 Å². The second kappa shape index (κ2) is 7.64. The number of nitrogens with one attached hydrogen (secondary N) is 1. The van der Waals surface area contributed by atoms with Crippen molar-refractivity contribution in [1.82, 2.24) is 9.88 Å². The highest BCUT2D eigenvalue weighted by atomic mass is 16.5. The van der Waals surface area contributed by atoms with Gasteiger partial charge in [-0.3, -0.25) is 4.79 Å². The minimum Gasteiger partial charge on any atom is -0.383 e. The SMILES string of the molecule is COCCn1ccc2c(C(=O)NC3CCCCCC3)cccc21. The Hall–Kier alpha value is -1.81. The Morgan fingerprint density at radius 1 is 1.22 bits per heavy atom. The number of hydrogen-bond donors (Lipinski definition) is 1. The van der Waals surface area contributed by atoms with Crippen LogP contribution in [0, 0.1) is 0 Å². The van der Waals surface area contributed by atoms with Gasteiger partial charge in [-0.15, -0.1) is 0 Å². The third-order valence-electron chi connectivity index (χ3n) is 4.79. The molecular weight excluding hydrogens is 288 g/mol. The van der Waals surface area contributed by atoms with Crippen molar-refractivity contribution in [2.75, 3.05) is 13.7 Å². The average molecular weight is 314 g/mol. The van der Waals surface area contributed by atoms with E-state index in [2.05, 4.69) is 16.0 Å². The summed E-state index contributed by atoms with van der Waals surface area (Å²) in [7, 11) is 1.71. The highest BCUT2D eigenvalue weighted by molar-refractivity contribution is 6.06. The summed E-state index contributed by atoms with van der Waals surface area (Å²) in [4.78, 5) is 12.7. The molecule has 23 heavy (non-hydrogen) atoms. The van der Waals surface area contributed by atoms with E-state index in [0.29, 0.717) is 12.6 Å². The van der Waals surface area contributed by atoms with Crippen molar-refractivity contribution in [2.45, 2.75) is 51.1 Å². The molecule has 1 N–H and O–H groups in total. The average Bonchev–Trinajstić information content (AvgIpc) is 2.81. The topological polar surface area (TPSA) is 43.3 Å². The van der Waals surface area contributed by atoms with E-state index in [1.165, 1.54) is 25.7 Å². The van der Waals surface area contributed by atoms with Gasteiger partial charge in [0.15, 0.2) is 0 Å². The van der Waals surface area contributed by atoms with Crippen molar-refractivity contribution in [3.8, 4) is 0 Å². The minimum absolute atomic E-state index is 0.0620. The number of ether oxygens (including phenoxy) is 1. The predicted octanol–water partition coefficient (Wildman–Crippen LogP) is 3.74. The Morgan fingerprint density at radius 3 is 2.74 bits per heavy atom. The third-order valence-corrected chi connectivity index (χ3v) is 4.79. The van der Waals surface area contributed by atoms with Crippen molar-refractivity contribution < 1.29 is 9.53 Å². The third kappa shape index (κ3) is 3.75. The normalized spacial score (nSPS) is 16.4. The van der Waals surface area contributed by atoms with Crippen molar-refractivity contribution in [3.05, 3.63) is 36.0 Å². The van der Waals surface area contributed by atoms with Gasteiger partial charge < -0.3 is 14.6 Å². The summed E-state index contributed by atoms with van der Waals surface area (Å²) in [5.41, 5.74) is 1.87. The molecule has 0 spiro atoms. The molecule has 0 bridgehead atoms. The predicted molar refractivity (Wildman–Crippen MR) is 92.8 cm³/mol. The van der Waals surface area contributed by atoms with E-state index in [-0.39, 0.29) is 5.91 Å². The number of benzene rings is 1. The molecule has 0 radical (unpaired) electrons. The lowest BCUT2D eigenvalue weighted by Gasteiger charge is -2.16. The van der Waals surface area contributed by atoms with Crippen molar-refractivity contribution >= 4 is 16.8 Å². The first-order valence-corrected chi connectivity index (χ1v) is 8.67. The van der Waals surface area contributed by atoms with Crippen molar-refractivity contribution in [2.24, 2.45) is 0 Å². The number of fused-ring (bicyclic) bond motifs is 1. The molecule has 1 saturated carbocycles. The van der Waals surface area contributed by atoms with Gasteiger partial charge in [0.2, 0.25) is 0 Å². The maximum atomic E-state index is 12.7. The van der Waals surface area contributed by atoms with Gasteiger partial charge in [-0.2, -0.15) is 0 Å². The molecule has 0 atom stereocenters. The summed E-state index contributed by atoms with van der Waals surface area (Å²) in [5, 5.41) is 4.27. The Kier molecular flexibility index (Phi) is 5.34. The van der Waals surface area contributed by atoms with Crippen LogP contribution in [0.5, 0.6) is 0 Å². The lowest BCUT2D eigenvalue weighted by Crippen LogP contribution is -2.34. The number of rotatable bonds is 5. The summed E-state index contributed by atoms with van der Waals surface area (Å²) in [6.07, 6.45) is 9.29. The Labute approximate surface area is 137 Å². The first-order chi connectivity index (χ1) is 11.3. The number of hydrogen-bond acceptors (Lipinski definition) is 2. The molecule has 0 saturated heterocycles. The monoisotopic (exact) mass is 314 g/mol. The number of methoxy groups -OCH3 is 1. The van der Waals surface area contributed by atoms with E-state index in [4.69, 9.17) is 4.74 Å². The lowest BCUT2D eigenvalue weighted by atomic mass is 10.1. The van der Waals surface area contributed by atoms with E-state index in [0.717, 1.165) is 35.9 Å². The Bertz CT molecular complexity index is 654. The van der Waals surface area contributed by atoms with Crippen molar-refractivity contribution in [3.63, 3.8) is 0 Å². The Balaban J connectivity index is 1.78. The highest BCUT2D eigenvalue weighted by Gasteiger charge is 2.18. The molecule has 2 aromatic rings. The summed E-state index contributed by atoms with van der Waals surface area (Å²) in [6, 6.07) is 8.32. The van der Waals surface area contributed by atoms with Crippen LogP contribution in [-0.2, 0) is 11.3 Å². The fraction of sp³-hybridized carbons (Fsp3) is 0.526. The smallest absolute Gasteiger partial charge is 0.252 e. The van der Waals surface area contributed by atoms with Gasteiger partial charge >= 0.3 is 0 Å². The summed E-state index contributed by atoms with van der Waals surface area (Å²) in [6.45, 7) is 1.47. The van der Waals surface area contributed by atoms with Gasteiger partial charge in [0.05, 0.1) is 6.61 Å². The zero-order valence-corrected chi connectivity index (χ0v) is 13.9. The van der Waals surface area contributed by atoms with E-state index in [9.17, 15) is 4.79 Å². The van der Waals surface area contributed by atoms with Crippen LogP contribution in [0.3, 0.4) is 0 Å². The van der Waals surface area contributed by atoms with Crippen molar-refractivity contribution in [1.29, 1.82) is 0 Å². The molecule has 1 heterocycles. The van der Waals surface area contributed by atoms with Crippen LogP contribution < -0.4 is 5.32 Å². The molecule has 1 aliphatic rings. The zero-order chi connectivity index (χ0) is 16.1. The second-order valence-corrected chi connectivity index (χ2v) is 6.40. The van der Waals surface area contributed by atoms with E-state index >= 15 is 0 Å². The van der Waals surface area contributed by atoms with E-state index in [1.807, 2.05) is 24.4 Å². The molecule has 124 valence electrons. The summed E-state index contributed by atoms with van der Waals surface area (Å²) < 4.78 is 7.29. The largest absolute Gasteiger partial charge is 0.383 e. The Morgan fingerprint density at radius 2 is 2.00 bits per heavy atom. The molecule has 1 aromatic carbocycles. The standard InChI is InChI=1S/C19H26N2O2/c1-23-14-13-21-12-11-16-17(9-6-10-18(16)21)19(22)20-15-7-4-2-3-5-8-15/h6,9-12,15H,2-5,7-8,13-14H2,1H3,(H,20,22). The number of amides is 1. The molecule has 1 aromatic heterocycles. The zero-order valence-electron chi connectivity index (χ0n) is 13.9. The lowest BCUT2D eigenvalue weighted by molar-refractivity contribution is 0.0935. The minimum atomic E-state index is 0.0620. The molecule has 1 amide bonds. The van der Waals surface area contributed by atoms with Gasteiger partial charge in [-0.1, -0.05) is 31.7 Å². The highest BCUT2D eigenvalue weighted by Crippen LogP contribution is 2.22. The number of aromatic nitrogens is 1. The molecule has 4 heteroatoms. The van der Waals surface area contributed by atoms with Crippen LogP contribution in [-0.4, -0.2) is 30.2 Å². The van der Waals surface area contributed by atoms with Crippen LogP contribution >= 0.6 is 0 Å². The van der Waals surface area contributed by atoms with Crippen LogP contribution in [0.15, 0.2) is 30.5 Å². The first-order valence-electron chi connectivity index (χ1n) is 8.67. The molecule has 1 fully saturated rings. The van der Waals surface area contributed by atoms with Gasteiger partial charge in [0.1, 0.15) is 0 Å². The number of nitrogens with zero attached hydrogens (tertiary/aromatic N) is 1. The van der Waals surface area contributed by atoms with E-state index in [1.54, 1.807) is 7.11 Å². The first kappa shape index (κ1) is 16.1. The second-order valence-electron chi connectivity index (χ2n) is 6.40. The summed E-state index contributed by atoms with van der Waals surface area (Å²) >= 11 is 0. The molecular formula is C19H26N2O2. The summed E-state index contributed by atoms with van der Waals surface area (Å²) in [5.74, 6) is 0.0620. The fourth-order valence-electron chi connectivity index (χ4n) is 3.49. The molecule has 0 unspecified atom stereocenters. The van der Waals surface area contributed by atoms with Gasteiger partial charge in [-0.25, -0.2) is 0 Å². The van der Waals surface area contributed by atoms with Gasteiger partial charge in [0.25, 0.3) is 5.91 Å². The molecule has 0 aliphatic heterocycles. The molecule has 1 aliphatic carbocycles. The van der Waals surface area contributed by atoms with Crippen LogP contribution in [0.2, 0.25) is 0 Å². The molecule has 4 nitrogen and oxygen atoms in total. The number of carbonyl (C=O) groups excluding carboxylic acids is 1. The quantitative estimate of drug-likeness (QED) is 0.854.